The van der Waals surface area contributed by atoms with Crippen LogP contribution in [0.4, 0.5) is 0 Å². The van der Waals surface area contributed by atoms with E-state index in [0.29, 0.717) is 12.8 Å². The highest BCUT2D eigenvalue weighted by atomic mass is 32.2. The van der Waals surface area contributed by atoms with Crippen molar-refractivity contribution >= 4 is 16.0 Å². The Labute approximate surface area is 301 Å². The maximum Gasteiger partial charge on any atom is 0.267 e. The summed E-state index contributed by atoms with van der Waals surface area (Å²) in [5.41, 5.74) is 0. The molecule has 0 aromatic carbocycles. The van der Waals surface area contributed by atoms with Crippen LogP contribution < -0.4 is 5.32 Å². The molecule has 0 aliphatic carbocycles. The number of unbranched alkanes of at least 4 members (excludes halogenated alkanes) is 17. The van der Waals surface area contributed by atoms with E-state index < -0.39 is 40.0 Å². The molecule has 0 aliphatic heterocycles. The van der Waals surface area contributed by atoms with Crippen LogP contribution in [0.2, 0.25) is 0 Å². The molecule has 8 heteroatoms. The van der Waals surface area contributed by atoms with Gasteiger partial charge in [0, 0.05) is 0 Å². The normalized spacial score (nSPS) is 14.6. The number of aliphatic hydroxyl groups excluding tert-OH is 2. The van der Waals surface area contributed by atoms with Crippen molar-refractivity contribution in [3.05, 3.63) is 60.8 Å². The van der Waals surface area contributed by atoms with E-state index in [1.165, 1.54) is 83.1 Å². The fourth-order valence-electron chi connectivity index (χ4n) is 5.51. The lowest BCUT2D eigenvalue weighted by molar-refractivity contribution is -0.130. The predicted octanol–water partition coefficient (Wildman–Crippen LogP) is 10.3. The SMILES string of the molecule is CC/C=C\C/C=C\CCCCCCCCCCCCCCCC(O)C(=O)NC(CS(=O)(=O)O)C(O)/C=C/CC/C=C/CC/C=C/CCCC. The standard InChI is InChI=1S/C41H73NO6S/c1-3-5-7-9-11-13-15-17-18-19-20-21-22-23-24-26-28-30-32-34-36-40(44)41(45)42-38(37-49(46,47)48)39(43)35-33-31-29-27-25-16-14-12-10-8-6-4-2/h5,7,10-13,25,27,33,35,38-40,43-44H,3-4,6,8-9,14-24,26,28-32,34,36-37H2,1-2H3,(H,42,45)(H,46,47,48)/b7-5-,12-10+,13-11-,27-25+,35-33+. The largest absolute Gasteiger partial charge is 0.387 e. The quantitative estimate of drug-likeness (QED) is 0.0300. The molecule has 0 fully saturated rings. The number of allylic oxidation sites excluding steroid dienone is 9. The highest BCUT2D eigenvalue weighted by Crippen LogP contribution is 2.14. The Morgan fingerprint density at radius 2 is 1.04 bits per heavy atom. The van der Waals surface area contributed by atoms with Gasteiger partial charge in [-0.3, -0.25) is 9.35 Å². The molecule has 0 spiro atoms. The number of carbonyl (C=O) groups excluding carboxylic acids is 1. The first-order valence-electron chi connectivity index (χ1n) is 19.6. The Morgan fingerprint density at radius 1 is 0.592 bits per heavy atom. The van der Waals surface area contributed by atoms with E-state index in [2.05, 4.69) is 67.8 Å². The van der Waals surface area contributed by atoms with Crippen LogP contribution in [0.15, 0.2) is 60.8 Å². The predicted molar refractivity (Wildman–Crippen MR) is 208 cm³/mol. The monoisotopic (exact) mass is 708 g/mol. The van der Waals surface area contributed by atoms with E-state index in [0.717, 1.165) is 57.8 Å². The van der Waals surface area contributed by atoms with Gasteiger partial charge < -0.3 is 15.5 Å². The molecule has 0 aromatic heterocycles. The van der Waals surface area contributed by atoms with Crippen LogP contribution >= 0.6 is 0 Å². The third-order valence-electron chi connectivity index (χ3n) is 8.51. The number of hydrogen-bond acceptors (Lipinski definition) is 5. The maximum absolute atomic E-state index is 12.6. The highest BCUT2D eigenvalue weighted by Gasteiger charge is 2.27. The lowest BCUT2D eigenvalue weighted by Crippen LogP contribution is -2.50. The summed E-state index contributed by atoms with van der Waals surface area (Å²) in [6.07, 6.45) is 44.3. The number of rotatable bonds is 34. The Hall–Kier alpha value is -2.00. The highest BCUT2D eigenvalue weighted by molar-refractivity contribution is 7.85. The Balaban J connectivity index is 4.04. The minimum absolute atomic E-state index is 0.268. The van der Waals surface area contributed by atoms with Crippen molar-refractivity contribution in [2.24, 2.45) is 0 Å². The number of amides is 1. The zero-order valence-corrected chi connectivity index (χ0v) is 32.0. The van der Waals surface area contributed by atoms with Gasteiger partial charge in [-0.1, -0.05) is 164 Å². The van der Waals surface area contributed by atoms with Gasteiger partial charge in [-0.15, -0.1) is 0 Å². The van der Waals surface area contributed by atoms with Crippen LogP contribution in [-0.2, 0) is 14.9 Å². The Kier molecular flexibility index (Phi) is 33.0. The van der Waals surface area contributed by atoms with Crippen LogP contribution in [0.25, 0.3) is 0 Å². The van der Waals surface area contributed by atoms with Crippen molar-refractivity contribution in [1.29, 1.82) is 0 Å². The number of aliphatic hydroxyl groups is 2. The van der Waals surface area contributed by atoms with E-state index in [4.69, 9.17) is 0 Å². The zero-order valence-electron chi connectivity index (χ0n) is 31.2. The molecule has 0 radical (unpaired) electrons. The van der Waals surface area contributed by atoms with Crippen molar-refractivity contribution in [3.8, 4) is 0 Å². The average Bonchev–Trinajstić information content (AvgIpc) is 3.06. The molecule has 0 saturated carbocycles. The molecule has 0 heterocycles. The smallest absolute Gasteiger partial charge is 0.267 e. The van der Waals surface area contributed by atoms with Crippen molar-refractivity contribution in [1.82, 2.24) is 5.32 Å². The maximum atomic E-state index is 12.6. The third kappa shape index (κ3) is 34.2. The van der Waals surface area contributed by atoms with Crippen LogP contribution in [0, 0.1) is 0 Å². The fraction of sp³-hybridized carbons (Fsp3) is 0.732. The van der Waals surface area contributed by atoms with Gasteiger partial charge in [0.15, 0.2) is 0 Å². The van der Waals surface area contributed by atoms with Crippen LogP contribution in [-0.4, -0.2) is 53.1 Å². The Morgan fingerprint density at radius 3 is 1.57 bits per heavy atom. The molecule has 4 N–H and O–H groups in total. The number of nitrogens with one attached hydrogen (secondary N) is 1. The number of carbonyl (C=O) groups is 1. The molecule has 0 rings (SSSR count). The second kappa shape index (κ2) is 34.4. The molecule has 49 heavy (non-hydrogen) atoms. The van der Waals surface area contributed by atoms with Crippen molar-refractivity contribution in [2.75, 3.05) is 5.75 Å². The summed E-state index contributed by atoms with van der Waals surface area (Å²) in [4.78, 5) is 12.6. The fourth-order valence-corrected chi connectivity index (χ4v) is 6.24. The second-order valence-electron chi connectivity index (χ2n) is 13.3. The van der Waals surface area contributed by atoms with E-state index in [9.17, 15) is 28.0 Å². The summed E-state index contributed by atoms with van der Waals surface area (Å²) in [7, 11) is -4.45. The van der Waals surface area contributed by atoms with Gasteiger partial charge in [0.25, 0.3) is 10.1 Å². The molecule has 0 bridgehead atoms. The molecule has 1 amide bonds. The molecule has 0 aliphatic rings. The number of hydrogen-bond donors (Lipinski definition) is 4. The second-order valence-corrected chi connectivity index (χ2v) is 14.8. The summed E-state index contributed by atoms with van der Waals surface area (Å²) < 4.78 is 32.4. The van der Waals surface area contributed by atoms with Gasteiger partial charge in [-0.25, -0.2) is 0 Å². The molecule has 3 unspecified atom stereocenters. The topological polar surface area (TPSA) is 124 Å². The van der Waals surface area contributed by atoms with Gasteiger partial charge in [-0.2, -0.15) is 8.42 Å². The average molecular weight is 708 g/mol. The van der Waals surface area contributed by atoms with Crippen LogP contribution in [0.3, 0.4) is 0 Å². The first-order valence-corrected chi connectivity index (χ1v) is 21.2. The molecule has 3 atom stereocenters. The van der Waals surface area contributed by atoms with E-state index in [1.54, 1.807) is 6.08 Å². The van der Waals surface area contributed by atoms with E-state index in [1.807, 2.05) is 0 Å². The lowest BCUT2D eigenvalue weighted by Gasteiger charge is -2.22. The minimum Gasteiger partial charge on any atom is -0.387 e. The zero-order chi connectivity index (χ0) is 36.3. The third-order valence-corrected chi connectivity index (χ3v) is 9.29. The van der Waals surface area contributed by atoms with Crippen molar-refractivity contribution in [2.45, 2.75) is 186 Å². The molecular formula is C41H73NO6S. The van der Waals surface area contributed by atoms with Crippen molar-refractivity contribution < 1.29 is 28.0 Å². The Bertz CT molecular complexity index is 1020. The summed E-state index contributed by atoms with van der Waals surface area (Å²) >= 11 is 0. The van der Waals surface area contributed by atoms with E-state index in [-0.39, 0.29) is 6.42 Å². The summed E-state index contributed by atoms with van der Waals surface area (Å²) in [5.74, 6) is -1.57. The molecular weight excluding hydrogens is 635 g/mol. The summed E-state index contributed by atoms with van der Waals surface area (Å²) in [5, 5.41) is 23.3. The first-order chi connectivity index (χ1) is 23.7. The molecule has 0 saturated heterocycles. The van der Waals surface area contributed by atoms with Crippen LogP contribution in [0.5, 0.6) is 0 Å². The van der Waals surface area contributed by atoms with E-state index >= 15 is 0 Å². The van der Waals surface area contributed by atoms with Crippen LogP contribution in [0.1, 0.15) is 168 Å². The summed E-state index contributed by atoms with van der Waals surface area (Å²) in [6, 6.07) is -1.26. The molecule has 7 nitrogen and oxygen atoms in total. The van der Waals surface area contributed by atoms with Gasteiger partial charge >= 0.3 is 0 Å². The van der Waals surface area contributed by atoms with Gasteiger partial charge in [0.2, 0.25) is 5.91 Å². The van der Waals surface area contributed by atoms with Gasteiger partial charge in [0.05, 0.1) is 17.9 Å². The summed E-state index contributed by atoms with van der Waals surface area (Å²) in [6.45, 7) is 4.34. The first kappa shape index (κ1) is 47.0. The lowest BCUT2D eigenvalue weighted by atomic mass is 10.0. The van der Waals surface area contributed by atoms with Crippen molar-refractivity contribution in [3.63, 3.8) is 0 Å². The molecule has 284 valence electrons. The van der Waals surface area contributed by atoms with Gasteiger partial charge in [-0.05, 0) is 64.2 Å². The van der Waals surface area contributed by atoms with Gasteiger partial charge in [0.1, 0.15) is 6.10 Å². The molecule has 0 aromatic rings. The minimum atomic E-state index is -4.45.